The van der Waals surface area contributed by atoms with Crippen molar-refractivity contribution >= 4 is 18.3 Å². The van der Waals surface area contributed by atoms with Gasteiger partial charge in [0.25, 0.3) is 0 Å². The van der Waals surface area contributed by atoms with E-state index < -0.39 is 0 Å². The molecular formula is C16H23ClN6O. The predicted octanol–water partition coefficient (Wildman–Crippen LogP) is 1.49. The van der Waals surface area contributed by atoms with Crippen LogP contribution in [0.15, 0.2) is 30.3 Å². The monoisotopic (exact) mass is 350 g/mol. The molecule has 1 aromatic carbocycles. The smallest absolute Gasteiger partial charge is 0.246 e. The maximum Gasteiger partial charge on any atom is 0.246 e. The first-order valence-corrected chi connectivity index (χ1v) is 8.03. The summed E-state index contributed by atoms with van der Waals surface area (Å²) in [6.07, 6.45) is 3.11. The van der Waals surface area contributed by atoms with Crippen molar-refractivity contribution in [2.45, 2.75) is 44.8 Å². The van der Waals surface area contributed by atoms with Gasteiger partial charge in [0.05, 0.1) is 0 Å². The number of nitrogens with two attached hydrogens (primary N) is 1. The Balaban J connectivity index is 0.00000208. The third kappa shape index (κ3) is 4.10. The fourth-order valence-corrected chi connectivity index (χ4v) is 3.04. The highest BCUT2D eigenvalue weighted by Gasteiger charge is 2.29. The first kappa shape index (κ1) is 18.4. The Kier molecular flexibility index (Phi) is 6.28. The molecule has 2 aromatic rings. The van der Waals surface area contributed by atoms with E-state index in [1.54, 1.807) is 0 Å². The summed E-state index contributed by atoms with van der Waals surface area (Å²) < 4.78 is 0. The second-order valence-corrected chi connectivity index (χ2v) is 6.02. The Morgan fingerprint density at radius 3 is 2.79 bits per heavy atom. The number of benzene rings is 1. The van der Waals surface area contributed by atoms with E-state index in [0.717, 1.165) is 31.4 Å². The minimum absolute atomic E-state index is 0. The second-order valence-electron chi connectivity index (χ2n) is 6.02. The largest absolute Gasteiger partial charge is 0.337 e. The van der Waals surface area contributed by atoms with E-state index >= 15 is 0 Å². The van der Waals surface area contributed by atoms with Crippen molar-refractivity contribution in [3.63, 3.8) is 0 Å². The van der Waals surface area contributed by atoms with Crippen LogP contribution in [0.25, 0.3) is 11.4 Å². The van der Waals surface area contributed by atoms with E-state index in [4.69, 9.17) is 5.73 Å². The van der Waals surface area contributed by atoms with Gasteiger partial charge in [-0.25, -0.2) is 0 Å². The van der Waals surface area contributed by atoms with Gasteiger partial charge in [-0.05, 0) is 31.4 Å². The molecule has 1 fully saturated rings. The molecule has 8 heteroatoms. The number of likely N-dealkylation sites (tertiary alicyclic amines) is 1. The highest BCUT2D eigenvalue weighted by atomic mass is 35.5. The molecule has 1 saturated heterocycles. The first-order valence-electron chi connectivity index (χ1n) is 8.03. The zero-order chi connectivity index (χ0) is 16.2. The van der Waals surface area contributed by atoms with Crippen LogP contribution in [0.1, 0.15) is 26.2 Å². The molecule has 3 rings (SSSR count). The molecule has 7 nitrogen and oxygen atoms in total. The van der Waals surface area contributed by atoms with Gasteiger partial charge in [-0.2, -0.15) is 4.80 Å². The van der Waals surface area contributed by atoms with E-state index in [-0.39, 0.29) is 36.9 Å². The molecule has 0 saturated carbocycles. The lowest BCUT2D eigenvalue weighted by Crippen LogP contribution is -2.52. The van der Waals surface area contributed by atoms with Crippen molar-refractivity contribution in [3.8, 4) is 11.4 Å². The Morgan fingerprint density at radius 1 is 1.33 bits per heavy atom. The van der Waals surface area contributed by atoms with Crippen LogP contribution < -0.4 is 5.73 Å². The number of rotatable bonds is 4. The van der Waals surface area contributed by atoms with Crippen molar-refractivity contribution in [2.75, 3.05) is 6.54 Å². The number of hydrogen-bond acceptors (Lipinski definition) is 5. The van der Waals surface area contributed by atoms with Crippen LogP contribution in [0.4, 0.5) is 0 Å². The van der Waals surface area contributed by atoms with E-state index in [0.29, 0.717) is 5.82 Å². The third-order valence-electron chi connectivity index (χ3n) is 4.24. The first-order chi connectivity index (χ1) is 11.1. The number of carbonyl (C=O) groups excluding carboxylic acids is 1. The van der Waals surface area contributed by atoms with Gasteiger partial charge in [0.1, 0.15) is 6.54 Å². The molecule has 130 valence electrons. The Bertz CT molecular complexity index is 660. The van der Waals surface area contributed by atoms with Crippen LogP contribution in [0.2, 0.25) is 0 Å². The lowest BCUT2D eigenvalue weighted by molar-refractivity contribution is -0.136. The van der Waals surface area contributed by atoms with Crippen molar-refractivity contribution in [1.82, 2.24) is 25.1 Å². The number of carbonyl (C=O) groups is 1. The van der Waals surface area contributed by atoms with Crippen LogP contribution in [0.3, 0.4) is 0 Å². The number of amides is 1. The molecule has 2 heterocycles. The normalized spacial score (nSPS) is 18.8. The number of halogens is 1. The van der Waals surface area contributed by atoms with E-state index in [1.807, 2.05) is 42.2 Å². The molecule has 2 atom stereocenters. The molecule has 1 aliphatic heterocycles. The van der Waals surface area contributed by atoms with Crippen LogP contribution in [-0.4, -0.2) is 49.6 Å². The molecule has 0 aliphatic carbocycles. The molecule has 1 amide bonds. The quantitative estimate of drug-likeness (QED) is 0.902. The van der Waals surface area contributed by atoms with Gasteiger partial charge in [0, 0.05) is 24.2 Å². The van der Waals surface area contributed by atoms with Gasteiger partial charge in [-0.3, -0.25) is 4.79 Å². The summed E-state index contributed by atoms with van der Waals surface area (Å²) in [6, 6.07) is 9.68. The molecule has 1 aliphatic rings. The fraction of sp³-hybridized carbons (Fsp3) is 0.500. The summed E-state index contributed by atoms with van der Waals surface area (Å²) in [5.74, 6) is 0.532. The highest BCUT2D eigenvalue weighted by Crippen LogP contribution is 2.19. The van der Waals surface area contributed by atoms with Crippen molar-refractivity contribution in [3.05, 3.63) is 30.3 Å². The summed E-state index contributed by atoms with van der Waals surface area (Å²) in [5.41, 5.74) is 6.91. The summed E-state index contributed by atoms with van der Waals surface area (Å²) in [4.78, 5) is 15.8. The zero-order valence-corrected chi connectivity index (χ0v) is 14.5. The lowest BCUT2D eigenvalue weighted by Gasteiger charge is -2.37. The predicted molar refractivity (Wildman–Crippen MR) is 93.5 cm³/mol. The van der Waals surface area contributed by atoms with Gasteiger partial charge in [0.15, 0.2) is 0 Å². The van der Waals surface area contributed by atoms with Crippen molar-refractivity contribution < 1.29 is 4.79 Å². The van der Waals surface area contributed by atoms with E-state index in [2.05, 4.69) is 15.4 Å². The average molecular weight is 351 g/mol. The SMILES string of the molecule is CC(N)C1CCCCN1C(=O)Cn1nnc(-c2ccccc2)n1.Cl. The summed E-state index contributed by atoms with van der Waals surface area (Å²) in [6.45, 7) is 2.81. The molecule has 0 bridgehead atoms. The molecule has 1 aromatic heterocycles. The van der Waals surface area contributed by atoms with Crippen LogP contribution in [0.5, 0.6) is 0 Å². The average Bonchev–Trinajstić information content (AvgIpc) is 3.04. The number of nitrogens with zero attached hydrogens (tertiary/aromatic N) is 5. The summed E-state index contributed by atoms with van der Waals surface area (Å²) in [5, 5.41) is 12.3. The van der Waals surface area contributed by atoms with E-state index in [9.17, 15) is 4.79 Å². The topological polar surface area (TPSA) is 89.9 Å². The number of hydrogen-bond donors (Lipinski definition) is 1. The van der Waals surface area contributed by atoms with Crippen LogP contribution in [-0.2, 0) is 11.3 Å². The maximum atomic E-state index is 12.6. The molecule has 0 spiro atoms. The second kappa shape index (κ2) is 8.21. The number of aromatic nitrogens is 4. The van der Waals surface area contributed by atoms with Gasteiger partial charge < -0.3 is 10.6 Å². The Morgan fingerprint density at radius 2 is 2.08 bits per heavy atom. The number of piperidine rings is 1. The van der Waals surface area contributed by atoms with Gasteiger partial charge in [-0.1, -0.05) is 30.3 Å². The molecule has 2 unspecified atom stereocenters. The summed E-state index contributed by atoms with van der Waals surface area (Å²) in [7, 11) is 0. The van der Waals surface area contributed by atoms with Crippen LogP contribution in [0, 0.1) is 0 Å². The number of tetrazole rings is 1. The maximum absolute atomic E-state index is 12.6. The highest BCUT2D eigenvalue weighted by molar-refractivity contribution is 5.85. The van der Waals surface area contributed by atoms with Gasteiger partial charge in [0.2, 0.25) is 11.7 Å². The van der Waals surface area contributed by atoms with Crippen molar-refractivity contribution in [1.29, 1.82) is 0 Å². The van der Waals surface area contributed by atoms with E-state index in [1.165, 1.54) is 4.80 Å². The molecule has 24 heavy (non-hydrogen) atoms. The lowest BCUT2D eigenvalue weighted by atomic mass is 9.97. The Hall–Kier alpha value is -1.99. The van der Waals surface area contributed by atoms with Gasteiger partial charge >= 0.3 is 0 Å². The molecular weight excluding hydrogens is 328 g/mol. The zero-order valence-electron chi connectivity index (χ0n) is 13.7. The standard InChI is InChI=1S/C16H22N6O.ClH/c1-12(17)14-9-5-6-10-21(14)15(23)11-22-19-16(18-20-22)13-7-3-2-4-8-13;/h2-4,7-8,12,14H,5-6,9-11,17H2,1H3;1H. The van der Waals surface area contributed by atoms with Crippen molar-refractivity contribution in [2.24, 2.45) is 5.73 Å². The Labute approximate surface area is 147 Å². The molecule has 0 radical (unpaired) electrons. The third-order valence-corrected chi connectivity index (χ3v) is 4.24. The van der Waals surface area contributed by atoms with Crippen LogP contribution >= 0.6 is 12.4 Å². The minimum Gasteiger partial charge on any atom is -0.337 e. The fourth-order valence-electron chi connectivity index (χ4n) is 3.04. The van der Waals surface area contributed by atoms with Gasteiger partial charge in [-0.15, -0.1) is 22.6 Å². The minimum atomic E-state index is -0.0252. The summed E-state index contributed by atoms with van der Waals surface area (Å²) >= 11 is 0. The molecule has 2 N–H and O–H groups in total.